The summed E-state index contributed by atoms with van der Waals surface area (Å²) in [7, 11) is 0. The van der Waals surface area contributed by atoms with Crippen molar-refractivity contribution in [2.75, 3.05) is 0 Å². The maximum Gasteiger partial charge on any atom is 0.211 e. The molecule has 0 spiro atoms. The summed E-state index contributed by atoms with van der Waals surface area (Å²) < 4.78 is 5.24. The van der Waals surface area contributed by atoms with Crippen LogP contribution in [0.25, 0.3) is 0 Å². The van der Waals surface area contributed by atoms with Crippen molar-refractivity contribution in [3.63, 3.8) is 0 Å². The number of alkyl halides is 1. The number of epoxide rings is 1. The summed E-state index contributed by atoms with van der Waals surface area (Å²) >= 11 is 11.8. The third-order valence-electron chi connectivity index (χ3n) is 1.91. The summed E-state index contributed by atoms with van der Waals surface area (Å²) in [4.78, 5) is 0. The van der Waals surface area contributed by atoms with Crippen LogP contribution < -0.4 is 0 Å². The topological polar surface area (TPSA) is 12.5 Å². The number of ether oxygens (including phenoxy) is 1. The fourth-order valence-electron chi connectivity index (χ4n) is 1.12. The molecule has 1 saturated heterocycles. The predicted molar refractivity (Wildman–Crippen MR) is 41.2 cm³/mol. The first-order chi connectivity index (χ1) is 4.58. The Morgan fingerprint density at radius 2 is 2.30 bits per heavy atom. The highest BCUT2D eigenvalue weighted by atomic mass is 35.5. The smallest absolute Gasteiger partial charge is 0.211 e. The van der Waals surface area contributed by atoms with Crippen molar-refractivity contribution >= 4 is 23.2 Å². The lowest BCUT2D eigenvalue weighted by Gasteiger charge is -2.08. The molecule has 2 rings (SSSR count). The van der Waals surface area contributed by atoms with E-state index in [0.29, 0.717) is 5.03 Å². The van der Waals surface area contributed by atoms with Crippen molar-refractivity contribution < 1.29 is 4.74 Å². The molecule has 3 heteroatoms. The molecule has 10 heavy (non-hydrogen) atoms. The third-order valence-corrected chi connectivity index (χ3v) is 3.06. The number of allylic oxidation sites excluding steroid dienone is 2. The predicted octanol–water partition coefficient (Wildman–Crippen LogP) is 2.40. The lowest BCUT2D eigenvalue weighted by Crippen LogP contribution is -2.17. The van der Waals surface area contributed by atoms with Gasteiger partial charge in [-0.25, -0.2) is 0 Å². The van der Waals surface area contributed by atoms with E-state index in [1.54, 1.807) is 6.08 Å². The van der Waals surface area contributed by atoms with E-state index in [9.17, 15) is 0 Å². The van der Waals surface area contributed by atoms with Crippen molar-refractivity contribution in [3.8, 4) is 0 Å². The number of rotatable bonds is 0. The molecule has 0 saturated carbocycles. The minimum atomic E-state index is -0.747. The fourth-order valence-corrected chi connectivity index (χ4v) is 1.70. The van der Waals surface area contributed by atoms with Gasteiger partial charge < -0.3 is 4.74 Å². The minimum absolute atomic E-state index is 0.361. The van der Waals surface area contributed by atoms with Gasteiger partial charge in [-0.15, -0.1) is 0 Å². The van der Waals surface area contributed by atoms with Crippen LogP contribution in [0.1, 0.15) is 6.92 Å². The Bertz CT molecular complexity index is 246. The molecule has 1 nitrogen and oxygen atoms in total. The second-order valence-corrected chi connectivity index (χ2v) is 3.62. The van der Waals surface area contributed by atoms with E-state index < -0.39 is 5.06 Å². The van der Waals surface area contributed by atoms with E-state index in [-0.39, 0.29) is 5.60 Å². The van der Waals surface area contributed by atoms with Crippen molar-refractivity contribution in [3.05, 3.63) is 23.3 Å². The summed E-state index contributed by atoms with van der Waals surface area (Å²) in [5.74, 6) is 0. The van der Waals surface area contributed by atoms with Gasteiger partial charge in [0.05, 0.1) is 5.03 Å². The molecule has 0 radical (unpaired) electrons. The zero-order valence-electron chi connectivity index (χ0n) is 5.40. The van der Waals surface area contributed by atoms with E-state index in [4.69, 9.17) is 27.9 Å². The van der Waals surface area contributed by atoms with Crippen LogP contribution in [0.15, 0.2) is 23.3 Å². The lowest BCUT2D eigenvalue weighted by molar-refractivity contribution is 0.345. The summed E-state index contributed by atoms with van der Waals surface area (Å²) in [6.45, 7) is 1.91. The second kappa shape index (κ2) is 1.60. The molecule has 1 heterocycles. The van der Waals surface area contributed by atoms with Gasteiger partial charge in [-0.05, 0) is 19.1 Å². The average molecular weight is 177 g/mol. The Morgan fingerprint density at radius 1 is 1.60 bits per heavy atom. The normalized spacial score (nSPS) is 50.1. The van der Waals surface area contributed by atoms with Crippen LogP contribution in [0.3, 0.4) is 0 Å². The first-order valence-electron chi connectivity index (χ1n) is 3.03. The SMILES string of the molecule is CC12C=CC=C(Cl)C1(Cl)O2. The van der Waals surface area contributed by atoms with Crippen LogP contribution in [-0.2, 0) is 4.74 Å². The molecule has 2 aliphatic rings. The quantitative estimate of drug-likeness (QED) is 0.408. The molecule has 54 valence electrons. The molecule has 0 aromatic heterocycles. The van der Waals surface area contributed by atoms with E-state index in [1.165, 1.54) is 0 Å². The monoisotopic (exact) mass is 176 g/mol. The number of hydrogen-bond acceptors (Lipinski definition) is 1. The van der Waals surface area contributed by atoms with Crippen LogP contribution in [-0.4, -0.2) is 10.7 Å². The highest BCUT2D eigenvalue weighted by molar-refractivity contribution is 6.41. The molecule has 1 fully saturated rings. The largest absolute Gasteiger partial charge is 0.336 e. The van der Waals surface area contributed by atoms with Gasteiger partial charge in [0.25, 0.3) is 0 Å². The van der Waals surface area contributed by atoms with E-state index in [0.717, 1.165) is 0 Å². The zero-order valence-corrected chi connectivity index (χ0v) is 6.91. The highest BCUT2D eigenvalue weighted by Gasteiger charge is 2.67. The minimum Gasteiger partial charge on any atom is -0.336 e. The molecule has 0 aromatic rings. The zero-order chi connectivity index (χ0) is 7.41. The molecule has 2 unspecified atom stereocenters. The first kappa shape index (κ1) is 6.71. The summed E-state index contributed by atoms with van der Waals surface area (Å²) in [6.07, 6.45) is 5.52. The van der Waals surface area contributed by atoms with Crippen molar-refractivity contribution in [2.24, 2.45) is 0 Å². The Hall–Kier alpha value is 0.0200. The van der Waals surface area contributed by atoms with Gasteiger partial charge in [-0.1, -0.05) is 29.3 Å². The van der Waals surface area contributed by atoms with Crippen molar-refractivity contribution in [2.45, 2.75) is 17.6 Å². The highest BCUT2D eigenvalue weighted by Crippen LogP contribution is 2.59. The number of hydrogen-bond donors (Lipinski definition) is 0. The molecule has 1 aliphatic carbocycles. The van der Waals surface area contributed by atoms with Gasteiger partial charge in [0.1, 0.15) is 5.60 Å². The van der Waals surface area contributed by atoms with Crippen LogP contribution in [0.2, 0.25) is 0 Å². The molecule has 0 amide bonds. The van der Waals surface area contributed by atoms with Crippen LogP contribution >= 0.6 is 23.2 Å². The van der Waals surface area contributed by atoms with Crippen molar-refractivity contribution in [1.29, 1.82) is 0 Å². The number of halogens is 2. The van der Waals surface area contributed by atoms with Gasteiger partial charge in [-0.3, -0.25) is 0 Å². The molecule has 1 aliphatic heterocycles. The van der Waals surface area contributed by atoms with Gasteiger partial charge in [0.2, 0.25) is 5.06 Å². The van der Waals surface area contributed by atoms with Gasteiger partial charge in [-0.2, -0.15) is 0 Å². The molecule has 2 atom stereocenters. The van der Waals surface area contributed by atoms with Crippen molar-refractivity contribution in [1.82, 2.24) is 0 Å². The lowest BCUT2D eigenvalue weighted by atomic mass is 10.0. The molecular formula is C7H6Cl2O. The van der Waals surface area contributed by atoms with Gasteiger partial charge in [0, 0.05) is 0 Å². The molecular weight excluding hydrogens is 171 g/mol. The maximum atomic E-state index is 5.96. The Balaban J connectivity index is 2.44. The third kappa shape index (κ3) is 0.584. The maximum absolute atomic E-state index is 5.96. The van der Waals surface area contributed by atoms with Gasteiger partial charge in [0.15, 0.2) is 0 Å². The summed E-state index contributed by atoms with van der Waals surface area (Å²) in [5.41, 5.74) is -0.361. The summed E-state index contributed by atoms with van der Waals surface area (Å²) in [5, 5.41) is -0.178. The van der Waals surface area contributed by atoms with E-state index >= 15 is 0 Å². The second-order valence-electron chi connectivity index (χ2n) is 2.68. The first-order valence-corrected chi connectivity index (χ1v) is 3.79. The standard InChI is InChI=1S/C7H6Cl2O/c1-6-4-2-3-5(8)7(6,9)10-6/h2-4H,1H3. The number of fused-ring (bicyclic) bond motifs is 1. The molecule has 0 bridgehead atoms. The Kier molecular flexibility index (Phi) is 1.08. The Labute approximate surface area is 69.3 Å². The van der Waals surface area contributed by atoms with E-state index in [2.05, 4.69) is 0 Å². The van der Waals surface area contributed by atoms with Crippen LogP contribution in [0.4, 0.5) is 0 Å². The Morgan fingerprint density at radius 3 is 2.80 bits per heavy atom. The van der Waals surface area contributed by atoms with E-state index in [1.807, 2.05) is 19.1 Å². The van der Waals surface area contributed by atoms with Crippen LogP contribution in [0, 0.1) is 0 Å². The van der Waals surface area contributed by atoms with Crippen LogP contribution in [0.5, 0.6) is 0 Å². The van der Waals surface area contributed by atoms with Gasteiger partial charge >= 0.3 is 0 Å². The average Bonchev–Trinajstić information content (AvgIpc) is 2.38. The summed E-state index contributed by atoms with van der Waals surface area (Å²) in [6, 6.07) is 0. The fraction of sp³-hybridized carbons (Fsp3) is 0.429. The molecule has 0 aromatic carbocycles. The molecule has 0 N–H and O–H groups in total.